The van der Waals surface area contributed by atoms with Gasteiger partial charge in [0.1, 0.15) is 12.2 Å². The molecule has 5 heteroatoms. The summed E-state index contributed by atoms with van der Waals surface area (Å²) in [6.45, 7) is 7.13. The largest absolute Gasteiger partial charge is 0.459 e. The number of halogens is 1. The molecule has 2 aromatic carbocycles. The van der Waals surface area contributed by atoms with Gasteiger partial charge in [-0.1, -0.05) is 79.2 Å². The lowest BCUT2D eigenvalue weighted by atomic mass is 9.85. The van der Waals surface area contributed by atoms with E-state index in [1.54, 1.807) is 0 Å². The summed E-state index contributed by atoms with van der Waals surface area (Å²) in [4.78, 5) is 13.9. The van der Waals surface area contributed by atoms with E-state index in [1.165, 1.54) is 30.4 Å². The third kappa shape index (κ3) is 4.09. The smallest absolute Gasteiger partial charge is 0.348 e. The Morgan fingerprint density at radius 1 is 1.00 bits per heavy atom. The maximum Gasteiger partial charge on any atom is 0.348 e. The number of esters is 1. The predicted molar refractivity (Wildman–Crippen MR) is 127 cm³/mol. The zero-order valence-electron chi connectivity index (χ0n) is 19.2. The zero-order valence-corrected chi connectivity index (χ0v) is 20.0. The molecule has 3 unspecified atom stereocenters. The highest BCUT2D eigenvalue weighted by atomic mass is 35.5. The van der Waals surface area contributed by atoms with Crippen LogP contribution in [0.1, 0.15) is 57.1 Å². The Labute approximate surface area is 197 Å². The van der Waals surface area contributed by atoms with Gasteiger partial charge in [0.05, 0.1) is 25.2 Å². The minimum Gasteiger partial charge on any atom is -0.459 e. The van der Waals surface area contributed by atoms with Crippen LogP contribution in [0.15, 0.2) is 60.7 Å². The summed E-state index contributed by atoms with van der Waals surface area (Å²) in [5.41, 5.74) is 0.0821. The van der Waals surface area contributed by atoms with Gasteiger partial charge in [0.15, 0.2) is 0 Å². The first-order valence-corrected chi connectivity index (χ1v) is 12.5. The van der Waals surface area contributed by atoms with Crippen LogP contribution < -0.4 is 0 Å². The quantitative estimate of drug-likeness (QED) is 0.308. The molecule has 2 aliphatic heterocycles. The number of carbonyl (C=O) groups excluding carboxylic acids is 1. The number of rotatable bonds is 7. The summed E-state index contributed by atoms with van der Waals surface area (Å²) in [6.07, 6.45) is 5.41. The van der Waals surface area contributed by atoms with Crippen molar-refractivity contribution in [2.75, 3.05) is 19.2 Å². The molecule has 1 spiro atoms. The minimum absolute atomic E-state index is 0.113. The summed E-state index contributed by atoms with van der Waals surface area (Å²) in [5, 5.41) is 0. The summed E-state index contributed by atoms with van der Waals surface area (Å²) < 4.78 is 13.6. The highest BCUT2D eigenvalue weighted by Crippen LogP contribution is 2.41. The third-order valence-corrected chi connectivity index (χ3v) is 7.92. The number of alkyl halides is 1. The first-order chi connectivity index (χ1) is 15.6. The molecule has 0 saturated carbocycles. The van der Waals surface area contributed by atoms with E-state index in [9.17, 15) is 4.79 Å². The van der Waals surface area contributed by atoms with Crippen LogP contribution in [0.25, 0.3) is 0 Å². The summed E-state index contributed by atoms with van der Waals surface area (Å²) in [6, 6.07) is 20.0. The van der Waals surface area contributed by atoms with E-state index >= 15 is 0 Å². The van der Waals surface area contributed by atoms with Crippen LogP contribution in [-0.4, -0.2) is 47.8 Å². The Morgan fingerprint density at radius 3 is 2.06 bits per heavy atom. The van der Waals surface area contributed by atoms with Crippen molar-refractivity contribution in [3.63, 3.8) is 0 Å². The van der Waals surface area contributed by atoms with Crippen LogP contribution in [-0.2, 0) is 19.9 Å². The van der Waals surface area contributed by atoms with Crippen LogP contribution in [0.4, 0.5) is 0 Å². The van der Waals surface area contributed by atoms with Crippen molar-refractivity contribution in [1.82, 2.24) is 0 Å². The maximum atomic E-state index is 13.9. The number of hydrogen-bond acceptors (Lipinski definition) is 3. The van der Waals surface area contributed by atoms with E-state index in [4.69, 9.17) is 21.1 Å². The van der Waals surface area contributed by atoms with Gasteiger partial charge in [-0.05, 0) is 24.5 Å². The van der Waals surface area contributed by atoms with E-state index in [1.807, 2.05) is 60.7 Å². The number of hydrogen-bond donors (Lipinski definition) is 0. The van der Waals surface area contributed by atoms with E-state index in [0.29, 0.717) is 12.1 Å². The number of carbonyl (C=O) groups is 1. The summed E-state index contributed by atoms with van der Waals surface area (Å²) in [7, 11) is 0. The van der Waals surface area contributed by atoms with Gasteiger partial charge in [-0.15, -0.1) is 0 Å². The standard InChI is InChI=1S/C27H35ClNO3/c1-3-24-19-25(18-21(2)29(24)16-10-11-17-29)32-26(30)27(31-20-28,22-12-6-4-7-13-22)23-14-8-5-9-15-23/h4-9,12-15,21,24-25H,3,10-11,16-20H2,1-2H3/q+1. The van der Waals surface area contributed by atoms with E-state index in [0.717, 1.165) is 30.4 Å². The normalized spacial score (nSPS) is 25.0. The molecule has 172 valence electrons. The highest BCUT2D eigenvalue weighted by Gasteiger charge is 2.51. The van der Waals surface area contributed by atoms with Crippen molar-refractivity contribution < 1.29 is 18.8 Å². The summed E-state index contributed by atoms with van der Waals surface area (Å²) >= 11 is 6.09. The molecule has 4 rings (SSSR count). The van der Waals surface area contributed by atoms with Crippen LogP contribution >= 0.6 is 11.6 Å². The maximum absolute atomic E-state index is 13.9. The van der Waals surface area contributed by atoms with Crippen molar-refractivity contribution in [3.8, 4) is 0 Å². The fraction of sp³-hybridized carbons (Fsp3) is 0.519. The van der Waals surface area contributed by atoms with Crippen LogP contribution in [0.3, 0.4) is 0 Å². The van der Waals surface area contributed by atoms with E-state index in [-0.39, 0.29) is 18.1 Å². The number of quaternary nitrogens is 1. The topological polar surface area (TPSA) is 35.5 Å². The zero-order chi connectivity index (χ0) is 22.6. The second-order valence-corrected chi connectivity index (χ2v) is 9.55. The van der Waals surface area contributed by atoms with Crippen molar-refractivity contribution in [2.45, 2.75) is 69.7 Å². The van der Waals surface area contributed by atoms with Gasteiger partial charge in [0.25, 0.3) is 0 Å². The fourth-order valence-corrected chi connectivity index (χ4v) is 6.37. The van der Waals surface area contributed by atoms with Gasteiger partial charge in [0, 0.05) is 25.7 Å². The van der Waals surface area contributed by atoms with Crippen molar-refractivity contribution in [2.24, 2.45) is 0 Å². The monoisotopic (exact) mass is 456 g/mol. The second-order valence-electron chi connectivity index (χ2n) is 9.33. The molecule has 0 aliphatic carbocycles. The molecule has 0 aromatic heterocycles. The first kappa shape index (κ1) is 23.3. The van der Waals surface area contributed by atoms with Crippen molar-refractivity contribution >= 4 is 17.6 Å². The van der Waals surface area contributed by atoms with Crippen LogP contribution in [0.5, 0.6) is 0 Å². The van der Waals surface area contributed by atoms with Crippen molar-refractivity contribution in [1.29, 1.82) is 0 Å². The SMILES string of the molecule is CCC1CC(OC(=O)C(OCCl)(c2ccccc2)c2ccccc2)CC(C)[N+]12CCCC2. The molecule has 2 aliphatic rings. The average Bonchev–Trinajstić information content (AvgIpc) is 3.32. The Morgan fingerprint density at radius 2 is 1.56 bits per heavy atom. The van der Waals surface area contributed by atoms with Gasteiger partial charge >= 0.3 is 5.97 Å². The van der Waals surface area contributed by atoms with Gasteiger partial charge in [0.2, 0.25) is 5.60 Å². The van der Waals surface area contributed by atoms with Gasteiger partial charge in [-0.2, -0.15) is 0 Å². The molecule has 0 radical (unpaired) electrons. The Bertz CT molecular complexity index is 843. The molecule has 0 N–H and O–H groups in total. The molecular weight excluding hydrogens is 422 g/mol. The average molecular weight is 457 g/mol. The van der Waals surface area contributed by atoms with Gasteiger partial charge < -0.3 is 14.0 Å². The van der Waals surface area contributed by atoms with Gasteiger partial charge in [-0.3, -0.25) is 0 Å². The molecule has 3 atom stereocenters. The lowest BCUT2D eigenvalue weighted by Crippen LogP contribution is -2.63. The van der Waals surface area contributed by atoms with Crippen LogP contribution in [0.2, 0.25) is 0 Å². The fourth-order valence-electron chi connectivity index (χ4n) is 6.21. The molecule has 2 heterocycles. The lowest BCUT2D eigenvalue weighted by molar-refractivity contribution is -0.967. The van der Waals surface area contributed by atoms with Crippen LogP contribution in [0, 0.1) is 0 Å². The Kier molecular flexibility index (Phi) is 7.24. The van der Waals surface area contributed by atoms with E-state index in [2.05, 4.69) is 13.8 Å². The minimum atomic E-state index is -1.38. The number of ether oxygens (including phenoxy) is 2. The number of benzene rings is 2. The second kappa shape index (κ2) is 9.94. The predicted octanol–water partition coefficient (Wildman–Crippen LogP) is 5.63. The lowest BCUT2D eigenvalue weighted by Gasteiger charge is -2.51. The molecule has 2 aromatic rings. The molecule has 2 fully saturated rings. The highest BCUT2D eigenvalue weighted by molar-refractivity contribution is 6.17. The molecule has 2 saturated heterocycles. The first-order valence-electron chi connectivity index (χ1n) is 11.9. The van der Waals surface area contributed by atoms with E-state index < -0.39 is 5.60 Å². The summed E-state index contributed by atoms with van der Waals surface area (Å²) in [5.74, 6) is -0.377. The third-order valence-electron chi connectivity index (χ3n) is 7.81. The Hall–Kier alpha value is -1.88. The molecule has 0 amide bonds. The molecular formula is C27H35ClNO3+. The number of nitrogens with zero attached hydrogens (tertiary/aromatic N) is 1. The Balaban J connectivity index is 1.65. The van der Waals surface area contributed by atoms with Crippen molar-refractivity contribution in [3.05, 3.63) is 71.8 Å². The van der Waals surface area contributed by atoms with Gasteiger partial charge in [-0.25, -0.2) is 4.79 Å². The molecule has 32 heavy (non-hydrogen) atoms. The molecule has 0 bridgehead atoms. The molecule has 4 nitrogen and oxygen atoms in total. The number of piperidine rings is 1.